The van der Waals surface area contributed by atoms with Gasteiger partial charge in [0.2, 0.25) is 10.0 Å². The fourth-order valence-electron chi connectivity index (χ4n) is 1.82. The minimum Gasteiger partial charge on any atom is -0.478 e. The van der Waals surface area contributed by atoms with Crippen molar-refractivity contribution in [2.45, 2.75) is 14.7 Å². The summed E-state index contributed by atoms with van der Waals surface area (Å²) in [6, 6.07) is 7.99. The standard InChI is InChI=1S/C13H13N3O8S3/c14-25(19,20)11-2-1-3-12(8-11)27(23,24)16-15-26(21,22)10-6-4-9(5-7-10)13(17)18/h1-8,15-16H,(H,17,18)(H2,14,19,20). The molecule has 0 aliphatic heterocycles. The highest BCUT2D eigenvalue weighted by Crippen LogP contribution is 2.15. The number of benzene rings is 2. The van der Waals surface area contributed by atoms with Crippen molar-refractivity contribution in [3.8, 4) is 0 Å². The Morgan fingerprint density at radius 1 is 0.778 bits per heavy atom. The second-order valence-electron chi connectivity index (χ2n) is 5.06. The number of hydrogen-bond donors (Lipinski definition) is 4. The van der Waals surface area contributed by atoms with E-state index in [1.165, 1.54) is 0 Å². The zero-order chi connectivity index (χ0) is 20.5. The number of hydrogen-bond acceptors (Lipinski definition) is 7. The lowest BCUT2D eigenvalue weighted by Gasteiger charge is -2.10. The van der Waals surface area contributed by atoms with E-state index >= 15 is 0 Å². The molecule has 0 saturated carbocycles. The van der Waals surface area contributed by atoms with Crippen molar-refractivity contribution < 1.29 is 35.2 Å². The van der Waals surface area contributed by atoms with Crippen molar-refractivity contribution in [2.24, 2.45) is 5.14 Å². The van der Waals surface area contributed by atoms with Gasteiger partial charge in [0.1, 0.15) is 0 Å². The number of hydrazine groups is 1. The minimum atomic E-state index is -4.46. The van der Waals surface area contributed by atoms with Gasteiger partial charge in [0.15, 0.2) is 0 Å². The molecular weight excluding hydrogens is 422 g/mol. The van der Waals surface area contributed by atoms with Crippen molar-refractivity contribution in [3.05, 3.63) is 54.1 Å². The highest BCUT2D eigenvalue weighted by molar-refractivity contribution is 7.92. The molecule has 0 amide bonds. The van der Waals surface area contributed by atoms with Crippen molar-refractivity contribution in [2.75, 3.05) is 0 Å². The number of nitrogens with two attached hydrogens (primary N) is 1. The van der Waals surface area contributed by atoms with Crippen molar-refractivity contribution in [1.82, 2.24) is 9.66 Å². The molecule has 146 valence electrons. The van der Waals surface area contributed by atoms with Gasteiger partial charge in [0.05, 0.1) is 20.2 Å². The maximum Gasteiger partial charge on any atom is 0.335 e. The van der Waals surface area contributed by atoms with Gasteiger partial charge in [-0.1, -0.05) is 6.07 Å². The van der Waals surface area contributed by atoms with Crippen LogP contribution in [-0.2, 0) is 30.1 Å². The molecule has 5 N–H and O–H groups in total. The van der Waals surface area contributed by atoms with Gasteiger partial charge in [-0.25, -0.2) is 35.2 Å². The first-order valence-electron chi connectivity index (χ1n) is 6.83. The van der Waals surface area contributed by atoms with Crippen molar-refractivity contribution in [3.63, 3.8) is 0 Å². The molecule has 14 heteroatoms. The van der Waals surface area contributed by atoms with Gasteiger partial charge in [-0.15, -0.1) is 9.66 Å². The van der Waals surface area contributed by atoms with Gasteiger partial charge in [-0.05, 0) is 42.5 Å². The molecule has 2 aromatic carbocycles. The van der Waals surface area contributed by atoms with Crippen LogP contribution < -0.4 is 14.8 Å². The van der Waals surface area contributed by atoms with Crippen LogP contribution in [0.2, 0.25) is 0 Å². The Morgan fingerprint density at radius 3 is 1.74 bits per heavy atom. The third kappa shape index (κ3) is 5.09. The summed E-state index contributed by atoms with van der Waals surface area (Å²) in [5.74, 6) is -1.26. The molecule has 0 saturated heterocycles. The van der Waals surface area contributed by atoms with Gasteiger partial charge in [-0.3, -0.25) is 0 Å². The summed E-state index contributed by atoms with van der Waals surface area (Å²) >= 11 is 0. The fourth-order valence-corrected chi connectivity index (χ4v) is 4.60. The molecule has 11 nitrogen and oxygen atoms in total. The maximum atomic E-state index is 12.2. The van der Waals surface area contributed by atoms with Crippen LogP contribution in [0.4, 0.5) is 0 Å². The van der Waals surface area contributed by atoms with Crippen molar-refractivity contribution in [1.29, 1.82) is 0 Å². The van der Waals surface area contributed by atoms with Crippen molar-refractivity contribution >= 4 is 36.0 Å². The summed E-state index contributed by atoms with van der Waals surface area (Å²) in [4.78, 5) is 12.6. The molecule has 0 atom stereocenters. The van der Waals surface area contributed by atoms with Crippen LogP contribution in [0.3, 0.4) is 0 Å². The average Bonchev–Trinajstić information content (AvgIpc) is 2.60. The Hall–Kier alpha value is -2.36. The summed E-state index contributed by atoms with van der Waals surface area (Å²) in [6.45, 7) is 0. The summed E-state index contributed by atoms with van der Waals surface area (Å²) in [5, 5.41) is 13.7. The predicted molar refractivity (Wildman–Crippen MR) is 91.9 cm³/mol. The largest absolute Gasteiger partial charge is 0.478 e. The lowest BCUT2D eigenvalue weighted by molar-refractivity contribution is 0.0696. The monoisotopic (exact) mass is 435 g/mol. The second-order valence-corrected chi connectivity index (χ2v) is 9.99. The molecule has 0 fully saturated rings. The molecule has 0 spiro atoms. The number of carboxylic acid groups (broad SMARTS) is 1. The summed E-state index contributed by atoms with van der Waals surface area (Å²) < 4.78 is 71.2. The fraction of sp³-hybridized carbons (Fsp3) is 0. The molecule has 2 aromatic rings. The number of primary sulfonamides is 1. The third-order valence-corrected chi connectivity index (χ3v) is 6.72. The molecule has 0 aliphatic carbocycles. The Balaban J connectivity index is 2.25. The first-order chi connectivity index (χ1) is 12.3. The Kier molecular flexibility index (Phi) is 5.69. The van der Waals surface area contributed by atoms with Crippen LogP contribution in [0.15, 0.2) is 63.2 Å². The second kappa shape index (κ2) is 7.34. The van der Waals surface area contributed by atoms with E-state index in [0.717, 1.165) is 48.5 Å². The Labute approximate surface area is 155 Å². The number of rotatable bonds is 7. The molecule has 0 unspecified atom stereocenters. The van der Waals surface area contributed by atoms with Gasteiger partial charge >= 0.3 is 5.97 Å². The number of carboxylic acids is 1. The molecule has 0 aliphatic rings. The first-order valence-corrected chi connectivity index (χ1v) is 11.3. The molecule has 27 heavy (non-hydrogen) atoms. The van der Waals surface area contributed by atoms with Gasteiger partial charge < -0.3 is 5.11 Å². The van der Waals surface area contributed by atoms with E-state index in [-0.39, 0.29) is 5.56 Å². The van der Waals surface area contributed by atoms with E-state index < -0.39 is 50.7 Å². The first kappa shape index (κ1) is 20.9. The van der Waals surface area contributed by atoms with E-state index in [1.807, 2.05) is 0 Å². The smallest absolute Gasteiger partial charge is 0.335 e. The van der Waals surface area contributed by atoms with Crippen LogP contribution in [0.25, 0.3) is 0 Å². The highest BCUT2D eigenvalue weighted by atomic mass is 32.2. The minimum absolute atomic E-state index is 0.158. The number of sulfonamides is 3. The molecule has 2 rings (SSSR count). The van der Waals surface area contributed by atoms with Crippen LogP contribution in [-0.4, -0.2) is 36.3 Å². The maximum absolute atomic E-state index is 12.2. The summed E-state index contributed by atoms with van der Waals surface area (Å²) in [7, 11) is -13.0. The molecule has 0 bridgehead atoms. The highest BCUT2D eigenvalue weighted by Gasteiger charge is 2.21. The molecule has 0 heterocycles. The zero-order valence-corrected chi connectivity index (χ0v) is 15.7. The predicted octanol–water partition coefficient (Wildman–Crippen LogP) is -0.796. The topological polar surface area (TPSA) is 190 Å². The number of aromatic carboxylic acids is 1. The summed E-state index contributed by atoms with van der Waals surface area (Å²) in [6.07, 6.45) is 0. The SMILES string of the molecule is NS(=O)(=O)c1cccc(S(=O)(=O)NNS(=O)(=O)c2ccc(C(=O)O)cc2)c1. The quantitative estimate of drug-likeness (QED) is 0.406. The molecule has 0 aromatic heterocycles. The molecule has 0 radical (unpaired) electrons. The number of carbonyl (C=O) groups is 1. The van der Waals surface area contributed by atoms with Crippen LogP contribution in [0, 0.1) is 0 Å². The normalized spacial score (nSPS) is 12.6. The van der Waals surface area contributed by atoms with Gasteiger partial charge in [-0.2, -0.15) is 0 Å². The van der Waals surface area contributed by atoms with Crippen LogP contribution in [0.5, 0.6) is 0 Å². The van der Waals surface area contributed by atoms with E-state index in [0.29, 0.717) is 0 Å². The third-order valence-electron chi connectivity index (χ3n) is 3.17. The molecular formula is C13H13N3O8S3. The van der Waals surface area contributed by atoms with Gasteiger partial charge in [0, 0.05) is 0 Å². The Morgan fingerprint density at radius 2 is 1.26 bits per heavy atom. The van der Waals surface area contributed by atoms with Crippen LogP contribution in [0.1, 0.15) is 10.4 Å². The van der Waals surface area contributed by atoms with E-state index in [9.17, 15) is 30.0 Å². The number of nitrogens with one attached hydrogen (secondary N) is 2. The van der Waals surface area contributed by atoms with E-state index in [1.54, 1.807) is 9.66 Å². The lowest BCUT2D eigenvalue weighted by atomic mass is 10.2. The Bertz CT molecular complexity index is 1190. The van der Waals surface area contributed by atoms with E-state index in [4.69, 9.17) is 10.2 Å². The average molecular weight is 435 g/mol. The van der Waals surface area contributed by atoms with Crippen LogP contribution >= 0.6 is 0 Å². The summed E-state index contributed by atoms with van der Waals surface area (Å²) in [5.41, 5.74) is -0.158. The van der Waals surface area contributed by atoms with E-state index in [2.05, 4.69) is 0 Å². The lowest BCUT2D eigenvalue weighted by Crippen LogP contribution is -2.41. The van der Waals surface area contributed by atoms with Gasteiger partial charge in [0.25, 0.3) is 20.0 Å². The zero-order valence-electron chi connectivity index (χ0n) is 13.2.